The van der Waals surface area contributed by atoms with Crippen molar-refractivity contribution in [2.24, 2.45) is 5.41 Å². The Morgan fingerprint density at radius 1 is 0.893 bits per heavy atom. The maximum absolute atomic E-state index is 11.5. The Kier molecular flexibility index (Phi) is 35.0. The van der Waals surface area contributed by atoms with E-state index in [-0.39, 0.29) is 57.9 Å². The number of hydrogen-bond acceptors (Lipinski definition) is 8. The number of allylic oxidation sites excluding steroid dienone is 1. The predicted molar refractivity (Wildman–Crippen MR) is 94.1 cm³/mol. The molecule has 0 rings (SSSR count). The van der Waals surface area contributed by atoms with E-state index < -0.39 is 29.4 Å². The van der Waals surface area contributed by atoms with Crippen molar-refractivity contribution in [1.29, 1.82) is 0 Å². The van der Waals surface area contributed by atoms with Crippen LogP contribution in [0.5, 0.6) is 0 Å². The molecule has 0 fully saturated rings. The fraction of sp³-hybridized carbons (Fsp3) is 0.684. The smallest absolute Gasteiger partial charge is 0.854 e. The summed E-state index contributed by atoms with van der Waals surface area (Å²) in [5.41, 5.74) is -2.51. The van der Waals surface area contributed by atoms with Crippen LogP contribution in [0.15, 0.2) is 12.2 Å². The van der Waals surface area contributed by atoms with E-state index in [0.29, 0.717) is 0 Å². The van der Waals surface area contributed by atoms with Gasteiger partial charge in [-0.15, -0.1) is 19.8 Å². The van der Waals surface area contributed by atoms with Crippen molar-refractivity contribution in [3.63, 3.8) is 0 Å². The van der Waals surface area contributed by atoms with Crippen molar-refractivity contribution in [1.82, 2.24) is 0 Å². The zero-order valence-corrected chi connectivity index (χ0v) is 20.0. The molecule has 9 heteroatoms. The Labute approximate surface area is 187 Å². The summed E-state index contributed by atoms with van der Waals surface area (Å²) in [6, 6.07) is 0. The average Bonchev–Trinajstić information content (AvgIpc) is 2.65. The van der Waals surface area contributed by atoms with Crippen LogP contribution in [0.3, 0.4) is 0 Å². The van der Waals surface area contributed by atoms with Gasteiger partial charge in [-0.25, -0.2) is 0 Å². The summed E-state index contributed by atoms with van der Waals surface area (Å²) < 4.78 is 0. The van der Waals surface area contributed by atoms with Gasteiger partial charge < -0.3 is 30.0 Å². The predicted octanol–water partition coefficient (Wildman–Crippen LogP) is -1.69. The summed E-state index contributed by atoms with van der Waals surface area (Å²) in [6.07, 6.45) is 1.77. The second-order valence-electron chi connectivity index (χ2n) is 5.34. The van der Waals surface area contributed by atoms with Crippen LogP contribution in [0.4, 0.5) is 0 Å². The number of carboxylic acid groups (broad SMARTS) is 1. The Balaban J connectivity index is -0.000000111. The molecule has 160 valence electrons. The van der Waals surface area contributed by atoms with Gasteiger partial charge in [0.25, 0.3) is 0 Å². The minimum Gasteiger partial charge on any atom is -0.854 e. The van der Waals surface area contributed by atoms with E-state index in [1.807, 2.05) is 20.8 Å². The molecule has 0 bridgehead atoms. The van der Waals surface area contributed by atoms with Crippen molar-refractivity contribution in [2.45, 2.75) is 60.3 Å². The first kappa shape index (κ1) is 37.7. The molecule has 0 N–H and O–H groups in total. The number of Topliss-reactive ketones (excluding diaryl/α,β-unsaturated/α-hetero) is 2. The van der Waals surface area contributed by atoms with Gasteiger partial charge in [0.05, 0.1) is 5.97 Å². The molecule has 0 aliphatic rings. The zero-order chi connectivity index (χ0) is 22.5. The average molecular weight is 480 g/mol. The Hall–Kier alpha value is -1.02. The normalized spacial score (nSPS) is 10.6. The van der Waals surface area contributed by atoms with Gasteiger partial charge in [0.15, 0.2) is 5.78 Å². The van der Waals surface area contributed by atoms with E-state index in [9.17, 15) is 39.6 Å². The fourth-order valence-corrected chi connectivity index (χ4v) is 1.21. The minimum atomic E-state index is -2.41. The molecule has 8 nitrogen and oxygen atoms in total. The summed E-state index contributed by atoms with van der Waals surface area (Å²) >= 11 is 0. The van der Waals surface area contributed by atoms with Gasteiger partial charge in [-0.1, -0.05) is 46.6 Å². The molecule has 0 aromatic carbocycles. The summed E-state index contributed by atoms with van der Waals surface area (Å²) in [7, 11) is 0. The molecule has 1 unspecified atom stereocenters. The minimum absolute atomic E-state index is 0. The van der Waals surface area contributed by atoms with Crippen LogP contribution in [-0.4, -0.2) is 43.6 Å². The molecule has 28 heavy (non-hydrogen) atoms. The number of aldehydes is 1. The number of carboxylic acids is 1. The van der Waals surface area contributed by atoms with Gasteiger partial charge in [-0.05, 0) is 19.4 Å². The molecule has 0 amide bonds. The van der Waals surface area contributed by atoms with Crippen LogP contribution in [0.25, 0.3) is 0 Å². The standard InChI is InChI=1S/C10H12O5.3C3H7O.Zr/c1-6(2)8(13)10(4-5-11,7(3)12)9(14)15;3*1-2-3-4;/h5H,1,4H2,2-3H3,(H,14,15);3*2-3H2,1H3;/q;3*-1;+4/p-1. The summed E-state index contributed by atoms with van der Waals surface area (Å²) in [5, 5.41) is 38.7. The number of carbonyl (C=O) groups excluding carboxylic acids is 4. The molecule has 0 spiro atoms. The van der Waals surface area contributed by atoms with E-state index in [0.717, 1.165) is 26.2 Å². The molecular weight excluding hydrogens is 447 g/mol. The molecule has 0 aliphatic heterocycles. The van der Waals surface area contributed by atoms with Gasteiger partial charge in [-0.2, -0.15) is 0 Å². The second-order valence-corrected chi connectivity index (χ2v) is 5.34. The molecule has 0 aliphatic carbocycles. The maximum atomic E-state index is 11.5. The topological polar surface area (TPSA) is 161 Å². The molecule has 0 saturated heterocycles. The van der Waals surface area contributed by atoms with Crippen molar-refractivity contribution in [3.8, 4) is 0 Å². The fourth-order valence-electron chi connectivity index (χ4n) is 1.21. The molecule has 1 atom stereocenters. The quantitative estimate of drug-likeness (QED) is 0.215. The molecule has 0 aromatic heterocycles. The molecule has 0 saturated carbocycles. The molecular formula is C19H32O8Zr. The Morgan fingerprint density at radius 3 is 1.29 bits per heavy atom. The van der Waals surface area contributed by atoms with Crippen LogP contribution < -0.4 is 20.4 Å². The largest absolute Gasteiger partial charge is 4.00 e. The van der Waals surface area contributed by atoms with Crippen LogP contribution in [0.1, 0.15) is 60.3 Å². The van der Waals surface area contributed by atoms with Crippen molar-refractivity contribution in [3.05, 3.63) is 12.2 Å². The second kappa shape index (κ2) is 26.0. The first-order valence-electron chi connectivity index (χ1n) is 8.65. The zero-order valence-electron chi connectivity index (χ0n) is 17.5. The number of aliphatic carboxylic acids is 1. The van der Waals surface area contributed by atoms with E-state index in [1.165, 1.54) is 6.92 Å². The van der Waals surface area contributed by atoms with Crippen LogP contribution in [0.2, 0.25) is 0 Å². The van der Waals surface area contributed by atoms with Gasteiger partial charge in [0.2, 0.25) is 0 Å². The van der Waals surface area contributed by atoms with E-state index in [2.05, 4.69) is 6.58 Å². The Morgan fingerprint density at radius 2 is 1.18 bits per heavy atom. The third-order valence-electron chi connectivity index (χ3n) is 2.73. The number of hydrogen-bond donors (Lipinski definition) is 0. The molecule has 0 heterocycles. The summed E-state index contributed by atoms with van der Waals surface area (Å²) in [5.74, 6) is -3.78. The van der Waals surface area contributed by atoms with Crippen LogP contribution in [-0.2, 0) is 45.4 Å². The van der Waals surface area contributed by atoms with E-state index in [1.54, 1.807) is 0 Å². The van der Waals surface area contributed by atoms with Crippen LogP contribution >= 0.6 is 0 Å². The summed E-state index contributed by atoms with van der Waals surface area (Å²) in [4.78, 5) is 43.9. The van der Waals surface area contributed by atoms with Crippen LogP contribution in [0, 0.1) is 5.41 Å². The van der Waals surface area contributed by atoms with Crippen molar-refractivity contribution < 1.29 is 65.8 Å². The van der Waals surface area contributed by atoms with Gasteiger partial charge in [0.1, 0.15) is 17.5 Å². The monoisotopic (exact) mass is 478 g/mol. The van der Waals surface area contributed by atoms with E-state index in [4.69, 9.17) is 0 Å². The molecule has 0 aromatic rings. The number of carbonyl (C=O) groups is 4. The summed E-state index contributed by atoms with van der Waals surface area (Å²) in [6.45, 7) is 11.3. The third-order valence-corrected chi connectivity index (χ3v) is 2.73. The Bertz CT molecular complexity index is 406. The SMILES string of the molecule is C=C(C)C(=O)C(CC=O)(C(C)=O)C(=O)[O-].CCC[O-].CCC[O-].CCC[O-].[Zr+4]. The first-order chi connectivity index (χ1) is 12.5. The van der Waals surface area contributed by atoms with E-state index >= 15 is 0 Å². The molecule has 0 radical (unpaired) electrons. The third kappa shape index (κ3) is 18.4. The first-order valence-corrected chi connectivity index (χ1v) is 8.65. The van der Waals surface area contributed by atoms with Gasteiger partial charge >= 0.3 is 26.2 Å². The van der Waals surface area contributed by atoms with Gasteiger partial charge in [-0.3, -0.25) is 9.59 Å². The maximum Gasteiger partial charge on any atom is 4.00 e. The van der Waals surface area contributed by atoms with Crippen molar-refractivity contribution in [2.75, 3.05) is 19.8 Å². The number of rotatable bonds is 9. The van der Waals surface area contributed by atoms with Crippen molar-refractivity contribution >= 4 is 23.8 Å². The van der Waals surface area contributed by atoms with Gasteiger partial charge in [0, 0.05) is 6.42 Å². The number of ketones is 2.